The molecule has 0 aliphatic rings. The van der Waals surface area contributed by atoms with E-state index in [1.54, 1.807) is 6.33 Å². The van der Waals surface area contributed by atoms with E-state index in [0.29, 0.717) is 0 Å². The monoisotopic (exact) mass is 388 g/mol. The molecule has 2 aromatic carbocycles. The molecule has 2 aromatic heterocycles. The predicted molar refractivity (Wildman–Crippen MR) is 101 cm³/mol. The van der Waals surface area contributed by atoms with E-state index in [-0.39, 0.29) is 12.4 Å². The molecule has 2 heterocycles. The molecule has 0 aliphatic carbocycles. The van der Waals surface area contributed by atoms with Crippen LogP contribution < -0.4 is 5.32 Å². The van der Waals surface area contributed by atoms with Crippen LogP contribution in [-0.4, -0.2) is 15.0 Å². The van der Waals surface area contributed by atoms with Crippen molar-refractivity contribution in [2.45, 2.75) is 6.92 Å². The average Bonchev–Trinajstić information content (AvgIpc) is 2.97. The highest BCUT2D eigenvalue weighted by Crippen LogP contribution is 2.31. The van der Waals surface area contributed by atoms with E-state index in [0.717, 1.165) is 43.5 Å². The van der Waals surface area contributed by atoms with E-state index in [4.69, 9.17) is 0 Å². The first-order chi connectivity index (χ1) is 10.7. The second kappa shape index (κ2) is 6.18. The zero-order valence-electron chi connectivity index (χ0n) is 12.3. The van der Waals surface area contributed by atoms with Crippen LogP contribution in [0.4, 0.5) is 11.4 Å². The number of anilines is 2. The largest absolute Gasteiger partial charge is 0.355 e. The Morgan fingerprint density at radius 3 is 2.57 bits per heavy atom. The fourth-order valence-corrected chi connectivity index (χ4v) is 2.92. The Hall–Kier alpha value is -2.11. The molecule has 0 aliphatic heterocycles. The molecule has 0 spiro atoms. The minimum Gasteiger partial charge on any atom is -0.355 e. The molecule has 0 saturated carbocycles. The predicted octanol–water partition coefficient (Wildman–Crippen LogP) is 5.35. The molecule has 23 heavy (non-hydrogen) atoms. The van der Waals surface area contributed by atoms with Crippen LogP contribution in [0.3, 0.4) is 0 Å². The first kappa shape index (κ1) is 15.8. The zero-order chi connectivity index (χ0) is 15.1. The van der Waals surface area contributed by atoms with Gasteiger partial charge in [-0.25, -0.2) is 4.98 Å². The zero-order valence-corrected chi connectivity index (χ0v) is 14.7. The molecule has 4 aromatic rings. The second-order valence-electron chi connectivity index (χ2n) is 5.20. The maximum Gasteiger partial charge on any atom is 0.0932 e. The van der Waals surface area contributed by atoms with E-state index in [9.17, 15) is 0 Å². The number of fused-ring (bicyclic) bond motifs is 3. The Morgan fingerprint density at radius 1 is 1.04 bits per heavy atom. The lowest BCUT2D eigenvalue weighted by Crippen LogP contribution is -1.95. The molecule has 116 valence electrons. The Bertz CT molecular complexity index is 979. The van der Waals surface area contributed by atoms with Crippen LogP contribution >= 0.6 is 28.3 Å². The summed E-state index contributed by atoms with van der Waals surface area (Å²) in [4.78, 5) is 12.2. The SMILES string of the molecule is Cc1cc(Nc2ccc(Br)cc2)c2c(ccc3nc[nH]c32)n1.Cl. The number of H-pyrrole nitrogens is 1. The average molecular weight is 390 g/mol. The molecule has 0 amide bonds. The van der Waals surface area contributed by atoms with Crippen LogP contribution in [0.25, 0.3) is 21.9 Å². The summed E-state index contributed by atoms with van der Waals surface area (Å²) in [5.41, 5.74) is 5.94. The van der Waals surface area contributed by atoms with Crippen molar-refractivity contribution in [3.8, 4) is 0 Å². The van der Waals surface area contributed by atoms with E-state index in [1.165, 1.54) is 0 Å². The van der Waals surface area contributed by atoms with Gasteiger partial charge in [-0.3, -0.25) is 4.98 Å². The number of aryl methyl sites for hydroxylation is 1. The van der Waals surface area contributed by atoms with Crippen molar-refractivity contribution >= 4 is 61.6 Å². The van der Waals surface area contributed by atoms with Crippen molar-refractivity contribution in [2.24, 2.45) is 0 Å². The number of imidazole rings is 1. The molecule has 6 heteroatoms. The number of pyridine rings is 1. The van der Waals surface area contributed by atoms with E-state index in [1.807, 2.05) is 43.3 Å². The van der Waals surface area contributed by atoms with E-state index in [2.05, 4.69) is 42.3 Å². The number of halogens is 2. The van der Waals surface area contributed by atoms with Gasteiger partial charge in [0, 0.05) is 21.2 Å². The third kappa shape index (κ3) is 2.90. The van der Waals surface area contributed by atoms with Gasteiger partial charge in [0.25, 0.3) is 0 Å². The Morgan fingerprint density at radius 2 is 1.78 bits per heavy atom. The lowest BCUT2D eigenvalue weighted by atomic mass is 10.1. The molecule has 0 fully saturated rings. The summed E-state index contributed by atoms with van der Waals surface area (Å²) < 4.78 is 1.06. The van der Waals surface area contributed by atoms with Gasteiger partial charge in [-0.05, 0) is 49.4 Å². The Balaban J connectivity index is 0.00000156. The molecular formula is C17H14BrClN4. The maximum absolute atomic E-state index is 4.63. The first-order valence-corrected chi connectivity index (χ1v) is 7.76. The van der Waals surface area contributed by atoms with Gasteiger partial charge in [-0.15, -0.1) is 12.4 Å². The van der Waals surface area contributed by atoms with Crippen LogP contribution in [0.15, 0.2) is 53.3 Å². The summed E-state index contributed by atoms with van der Waals surface area (Å²) in [5, 5.41) is 4.55. The number of hydrogen-bond donors (Lipinski definition) is 2. The Labute approximate surface area is 147 Å². The molecule has 0 bridgehead atoms. The molecular weight excluding hydrogens is 376 g/mol. The van der Waals surface area contributed by atoms with Crippen molar-refractivity contribution < 1.29 is 0 Å². The number of nitrogens with zero attached hydrogens (tertiary/aromatic N) is 2. The number of nitrogens with one attached hydrogen (secondary N) is 2. The lowest BCUT2D eigenvalue weighted by molar-refractivity contribution is 1.26. The minimum atomic E-state index is 0. The number of aromatic nitrogens is 3. The Kier molecular flexibility index (Phi) is 4.24. The fraction of sp³-hybridized carbons (Fsp3) is 0.0588. The van der Waals surface area contributed by atoms with Crippen LogP contribution in [0, 0.1) is 6.92 Å². The van der Waals surface area contributed by atoms with Gasteiger partial charge in [0.15, 0.2) is 0 Å². The van der Waals surface area contributed by atoms with Crippen molar-refractivity contribution in [1.29, 1.82) is 0 Å². The molecule has 4 rings (SSSR count). The number of hydrogen-bond acceptors (Lipinski definition) is 3. The molecule has 0 atom stereocenters. The highest BCUT2D eigenvalue weighted by Gasteiger charge is 2.10. The quantitative estimate of drug-likeness (QED) is 0.486. The summed E-state index contributed by atoms with van der Waals surface area (Å²) in [6, 6.07) is 14.2. The van der Waals surface area contributed by atoms with Gasteiger partial charge in [0.05, 0.1) is 28.6 Å². The third-order valence-corrected chi connectivity index (χ3v) is 4.15. The molecule has 0 saturated heterocycles. The van der Waals surface area contributed by atoms with Gasteiger partial charge in [0.2, 0.25) is 0 Å². The number of benzene rings is 2. The van der Waals surface area contributed by atoms with Gasteiger partial charge < -0.3 is 10.3 Å². The normalized spacial score (nSPS) is 10.7. The highest BCUT2D eigenvalue weighted by atomic mass is 79.9. The summed E-state index contributed by atoms with van der Waals surface area (Å²) in [7, 11) is 0. The highest BCUT2D eigenvalue weighted by molar-refractivity contribution is 9.10. The summed E-state index contributed by atoms with van der Waals surface area (Å²) >= 11 is 3.46. The van der Waals surface area contributed by atoms with Gasteiger partial charge >= 0.3 is 0 Å². The first-order valence-electron chi connectivity index (χ1n) is 6.97. The van der Waals surface area contributed by atoms with Gasteiger partial charge in [-0.1, -0.05) is 15.9 Å². The van der Waals surface area contributed by atoms with Crippen molar-refractivity contribution in [3.63, 3.8) is 0 Å². The molecule has 4 nitrogen and oxygen atoms in total. The maximum atomic E-state index is 4.63. The summed E-state index contributed by atoms with van der Waals surface area (Å²) in [6.45, 7) is 2.00. The number of rotatable bonds is 2. The van der Waals surface area contributed by atoms with Gasteiger partial charge in [-0.2, -0.15) is 0 Å². The van der Waals surface area contributed by atoms with Crippen molar-refractivity contribution in [2.75, 3.05) is 5.32 Å². The second-order valence-corrected chi connectivity index (χ2v) is 6.12. The van der Waals surface area contributed by atoms with Crippen LogP contribution in [0.1, 0.15) is 5.69 Å². The summed E-state index contributed by atoms with van der Waals surface area (Å²) in [6.07, 6.45) is 1.72. The molecule has 0 unspecified atom stereocenters. The summed E-state index contributed by atoms with van der Waals surface area (Å²) in [5.74, 6) is 0. The fourth-order valence-electron chi connectivity index (χ4n) is 2.66. The molecule has 2 N–H and O–H groups in total. The van der Waals surface area contributed by atoms with Crippen LogP contribution in [-0.2, 0) is 0 Å². The van der Waals surface area contributed by atoms with Gasteiger partial charge in [0.1, 0.15) is 0 Å². The minimum absolute atomic E-state index is 0. The van der Waals surface area contributed by atoms with Crippen molar-refractivity contribution in [3.05, 3.63) is 59.0 Å². The standard InChI is InChI=1S/C17H13BrN4.ClH/c1-10-8-15(22-12-4-2-11(18)3-5-12)16-13(21-10)6-7-14-17(16)20-9-19-14;/h2-9H,1H3,(H,19,20)(H,21,22);1H. The molecule has 0 radical (unpaired) electrons. The van der Waals surface area contributed by atoms with E-state index >= 15 is 0 Å². The van der Waals surface area contributed by atoms with E-state index < -0.39 is 0 Å². The van der Waals surface area contributed by atoms with Crippen molar-refractivity contribution in [1.82, 2.24) is 15.0 Å². The van der Waals surface area contributed by atoms with Crippen LogP contribution in [0.2, 0.25) is 0 Å². The lowest BCUT2D eigenvalue weighted by Gasteiger charge is -2.11. The number of aromatic amines is 1. The third-order valence-electron chi connectivity index (χ3n) is 3.62. The topological polar surface area (TPSA) is 53.6 Å². The van der Waals surface area contributed by atoms with Crippen LogP contribution in [0.5, 0.6) is 0 Å². The smallest absolute Gasteiger partial charge is 0.0932 e.